The molecule has 74 valence electrons. The minimum absolute atomic E-state index is 0.0606. The largest absolute Gasteiger partial charge is 0.394 e. The second-order valence-corrected chi connectivity index (χ2v) is 2.81. The molecule has 0 amide bonds. The summed E-state index contributed by atoms with van der Waals surface area (Å²) in [5.74, 6) is 0. The zero-order chi connectivity index (χ0) is 9.61. The van der Waals surface area contributed by atoms with Gasteiger partial charge in [0.15, 0.2) is 6.29 Å². The summed E-state index contributed by atoms with van der Waals surface area (Å²) >= 11 is 0. The van der Waals surface area contributed by atoms with Gasteiger partial charge >= 0.3 is 0 Å². The van der Waals surface area contributed by atoms with E-state index in [9.17, 15) is 0 Å². The summed E-state index contributed by atoms with van der Waals surface area (Å²) in [5, 5.41) is 37.6. The van der Waals surface area contributed by atoms with E-state index in [-0.39, 0.29) is 19.8 Å². The summed E-state index contributed by atoms with van der Waals surface area (Å²) < 4.78 is 0. The van der Waals surface area contributed by atoms with E-state index in [1.165, 1.54) is 0 Å². The minimum Gasteiger partial charge on any atom is -0.394 e. The third kappa shape index (κ3) is 3.46. The quantitative estimate of drug-likeness (QED) is 0.305. The molecule has 0 aliphatic carbocycles. The summed E-state index contributed by atoms with van der Waals surface area (Å²) in [6.45, 7) is 1.28. The normalized spacial score (nSPS) is 12.5. The summed E-state index contributed by atoms with van der Waals surface area (Å²) in [7, 11) is 0. The van der Waals surface area contributed by atoms with Crippen molar-refractivity contribution in [3.05, 3.63) is 0 Å². The number of hydrogen-bond donors (Lipinski definition) is 5. The average Bonchev–Trinajstić information content (AvgIpc) is 2.08. The first kappa shape index (κ1) is 11.8. The van der Waals surface area contributed by atoms with Crippen molar-refractivity contribution in [2.75, 3.05) is 19.8 Å². The molecular weight excluding hydrogens is 162 g/mol. The highest BCUT2D eigenvalue weighted by Gasteiger charge is 2.25. The Hall–Kier alpha value is -0.200. The number of nitrogens with one attached hydrogen (secondary N) is 1. The second-order valence-electron chi connectivity index (χ2n) is 2.81. The molecule has 5 heteroatoms. The van der Waals surface area contributed by atoms with Crippen LogP contribution in [0.15, 0.2) is 0 Å². The van der Waals surface area contributed by atoms with Gasteiger partial charge in [-0.15, -0.1) is 0 Å². The Bertz CT molecular complexity index is 106. The van der Waals surface area contributed by atoms with Crippen LogP contribution in [0.1, 0.15) is 13.3 Å². The van der Waals surface area contributed by atoms with Crippen LogP contribution in [0.5, 0.6) is 0 Å². The molecule has 0 saturated heterocycles. The second kappa shape index (κ2) is 5.45. The molecule has 0 saturated carbocycles. The van der Waals surface area contributed by atoms with Gasteiger partial charge in [-0.05, 0) is 6.42 Å². The maximum Gasteiger partial charge on any atom is 0.164 e. The van der Waals surface area contributed by atoms with Crippen LogP contribution < -0.4 is 5.32 Å². The number of aliphatic hydroxyl groups excluding tert-OH is 3. The number of hydrogen-bond acceptors (Lipinski definition) is 5. The van der Waals surface area contributed by atoms with E-state index in [1.54, 1.807) is 6.92 Å². The van der Waals surface area contributed by atoms with Gasteiger partial charge in [0.25, 0.3) is 0 Å². The van der Waals surface area contributed by atoms with E-state index in [4.69, 9.17) is 20.4 Å². The van der Waals surface area contributed by atoms with Crippen LogP contribution in [0.25, 0.3) is 0 Å². The predicted octanol–water partition coefficient (Wildman–Crippen LogP) is -1.98. The van der Waals surface area contributed by atoms with Crippen LogP contribution in [0, 0.1) is 0 Å². The fourth-order valence-electron chi connectivity index (χ4n) is 0.818. The highest BCUT2D eigenvalue weighted by molar-refractivity contribution is 4.85. The van der Waals surface area contributed by atoms with Crippen molar-refractivity contribution in [2.45, 2.75) is 25.2 Å². The van der Waals surface area contributed by atoms with Crippen molar-refractivity contribution in [3.63, 3.8) is 0 Å². The standard InChI is InChI=1S/C7H17NO4/c1-2-7(4-9,5-10)8-3-6(11)12/h6,8-12H,2-5H2,1H3. The molecule has 0 aromatic carbocycles. The van der Waals surface area contributed by atoms with E-state index in [0.717, 1.165) is 0 Å². The molecule has 0 aliphatic heterocycles. The first-order valence-corrected chi connectivity index (χ1v) is 3.93. The Balaban J connectivity index is 3.93. The van der Waals surface area contributed by atoms with E-state index < -0.39 is 11.8 Å². The molecule has 0 aromatic heterocycles. The average molecular weight is 179 g/mol. The number of aliphatic hydroxyl groups is 4. The molecule has 0 heterocycles. The lowest BCUT2D eigenvalue weighted by Gasteiger charge is -2.30. The lowest BCUT2D eigenvalue weighted by molar-refractivity contribution is -0.0479. The number of rotatable bonds is 6. The smallest absolute Gasteiger partial charge is 0.164 e. The van der Waals surface area contributed by atoms with Crippen LogP contribution in [-0.4, -0.2) is 52.0 Å². The van der Waals surface area contributed by atoms with Crippen molar-refractivity contribution in [1.29, 1.82) is 0 Å². The van der Waals surface area contributed by atoms with Gasteiger partial charge in [0.2, 0.25) is 0 Å². The Labute approximate surface area is 71.7 Å². The maximum absolute atomic E-state index is 8.90. The SMILES string of the molecule is CCC(CO)(CO)NCC(O)O. The van der Waals surface area contributed by atoms with Gasteiger partial charge in [-0.25, -0.2) is 0 Å². The molecule has 0 unspecified atom stereocenters. The monoisotopic (exact) mass is 179 g/mol. The minimum atomic E-state index is -1.46. The molecule has 0 fully saturated rings. The lowest BCUT2D eigenvalue weighted by atomic mass is 9.99. The van der Waals surface area contributed by atoms with Gasteiger partial charge in [-0.2, -0.15) is 0 Å². The van der Waals surface area contributed by atoms with Gasteiger partial charge < -0.3 is 25.7 Å². The van der Waals surface area contributed by atoms with Gasteiger partial charge in [0.05, 0.1) is 18.8 Å². The molecule has 12 heavy (non-hydrogen) atoms. The van der Waals surface area contributed by atoms with Crippen molar-refractivity contribution in [2.24, 2.45) is 0 Å². The molecular formula is C7H17NO4. The zero-order valence-corrected chi connectivity index (χ0v) is 7.19. The Morgan fingerprint density at radius 1 is 1.25 bits per heavy atom. The lowest BCUT2D eigenvalue weighted by Crippen LogP contribution is -2.53. The Morgan fingerprint density at radius 2 is 1.75 bits per heavy atom. The highest BCUT2D eigenvalue weighted by atomic mass is 16.5. The molecule has 0 aromatic rings. The third-order valence-corrected chi connectivity index (χ3v) is 1.94. The van der Waals surface area contributed by atoms with E-state index in [0.29, 0.717) is 6.42 Å². The molecule has 5 N–H and O–H groups in total. The molecule has 0 rings (SSSR count). The molecule has 0 radical (unpaired) electrons. The van der Waals surface area contributed by atoms with Gasteiger partial charge in [-0.1, -0.05) is 6.92 Å². The highest BCUT2D eigenvalue weighted by Crippen LogP contribution is 2.07. The fourth-order valence-corrected chi connectivity index (χ4v) is 0.818. The topological polar surface area (TPSA) is 93.0 Å². The van der Waals surface area contributed by atoms with Crippen molar-refractivity contribution >= 4 is 0 Å². The molecule has 5 nitrogen and oxygen atoms in total. The molecule has 0 spiro atoms. The first-order valence-electron chi connectivity index (χ1n) is 3.93. The van der Waals surface area contributed by atoms with Gasteiger partial charge in [0.1, 0.15) is 0 Å². The Kier molecular flexibility index (Phi) is 5.36. The summed E-state index contributed by atoms with van der Waals surface area (Å²) in [6, 6.07) is 0. The van der Waals surface area contributed by atoms with Crippen molar-refractivity contribution in [1.82, 2.24) is 5.32 Å². The van der Waals surface area contributed by atoms with Gasteiger partial charge in [-0.3, -0.25) is 0 Å². The van der Waals surface area contributed by atoms with E-state index in [2.05, 4.69) is 5.32 Å². The molecule has 0 atom stereocenters. The summed E-state index contributed by atoms with van der Waals surface area (Å²) in [4.78, 5) is 0. The van der Waals surface area contributed by atoms with Crippen LogP contribution in [-0.2, 0) is 0 Å². The first-order chi connectivity index (χ1) is 5.60. The Morgan fingerprint density at radius 3 is 2.00 bits per heavy atom. The van der Waals surface area contributed by atoms with Crippen molar-refractivity contribution in [3.8, 4) is 0 Å². The van der Waals surface area contributed by atoms with E-state index >= 15 is 0 Å². The van der Waals surface area contributed by atoms with Crippen LogP contribution >= 0.6 is 0 Å². The fraction of sp³-hybridized carbons (Fsp3) is 1.00. The number of β-amino-alcohol motifs (C(OH)–C–C–N with tert-alkyl or cyclic N) is 2. The third-order valence-electron chi connectivity index (χ3n) is 1.94. The van der Waals surface area contributed by atoms with Crippen LogP contribution in [0.4, 0.5) is 0 Å². The van der Waals surface area contributed by atoms with Crippen molar-refractivity contribution < 1.29 is 20.4 Å². The summed E-state index contributed by atoms with van der Waals surface area (Å²) in [6.07, 6.45) is -0.943. The molecule has 0 aliphatic rings. The van der Waals surface area contributed by atoms with E-state index in [1.807, 2.05) is 0 Å². The zero-order valence-electron chi connectivity index (χ0n) is 7.19. The predicted molar refractivity (Wildman–Crippen MR) is 43.4 cm³/mol. The molecule has 0 bridgehead atoms. The van der Waals surface area contributed by atoms with Crippen LogP contribution in [0.2, 0.25) is 0 Å². The maximum atomic E-state index is 8.90. The summed E-state index contributed by atoms with van der Waals surface area (Å²) in [5.41, 5.74) is -0.802. The van der Waals surface area contributed by atoms with Crippen LogP contribution in [0.3, 0.4) is 0 Å². The van der Waals surface area contributed by atoms with Gasteiger partial charge in [0, 0.05) is 6.54 Å².